The second kappa shape index (κ2) is 7.85. The van der Waals surface area contributed by atoms with Crippen LogP contribution in [0.5, 0.6) is 5.88 Å². The van der Waals surface area contributed by atoms with Crippen LogP contribution >= 0.6 is 11.6 Å². The van der Waals surface area contributed by atoms with Crippen LogP contribution in [0, 0.1) is 0 Å². The molecule has 2 N–H and O–H groups in total. The Balaban J connectivity index is 1.41. The second-order valence-corrected chi connectivity index (χ2v) is 8.90. The first-order valence-corrected chi connectivity index (χ1v) is 11.2. The van der Waals surface area contributed by atoms with E-state index in [-0.39, 0.29) is 24.9 Å². The van der Waals surface area contributed by atoms with Gasteiger partial charge in [0.15, 0.2) is 6.10 Å². The van der Waals surface area contributed by atoms with Gasteiger partial charge in [0, 0.05) is 43.0 Å². The highest BCUT2D eigenvalue weighted by Crippen LogP contribution is 2.36. The fraction of sp³-hybridized carbons (Fsp3) is 0.333. The van der Waals surface area contributed by atoms with Gasteiger partial charge in [-0.25, -0.2) is 4.98 Å². The van der Waals surface area contributed by atoms with Crippen molar-refractivity contribution in [2.24, 2.45) is 12.0 Å². The minimum absolute atomic E-state index is 0.247. The van der Waals surface area contributed by atoms with Crippen LogP contribution in [0.1, 0.15) is 5.56 Å². The molecule has 3 aromatic heterocycles. The molecule has 33 heavy (non-hydrogen) atoms. The predicted molar refractivity (Wildman–Crippen MR) is 126 cm³/mol. The number of ether oxygens (including phenoxy) is 3. The summed E-state index contributed by atoms with van der Waals surface area (Å²) in [6.07, 6.45) is 2.09. The van der Waals surface area contributed by atoms with Gasteiger partial charge in [-0.1, -0.05) is 17.7 Å². The van der Waals surface area contributed by atoms with Gasteiger partial charge >= 0.3 is 0 Å². The van der Waals surface area contributed by atoms with Crippen LogP contribution in [-0.2, 0) is 16.5 Å². The lowest BCUT2D eigenvalue weighted by molar-refractivity contribution is 0.00792. The van der Waals surface area contributed by atoms with Gasteiger partial charge in [-0.05, 0) is 24.3 Å². The van der Waals surface area contributed by atoms with Crippen molar-refractivity contribution in [3.05, 3.63) is 47.1 Å². The van der Waals surface area contributed by atoms with Crippen LogP contribution in [-0.4, -0.2) is 70.5 Å². The Hall–Kier alpha value is -2.91. The van der Waals surface area contributed by atoms with E-state index in [1.165, 1.54) is 0 Å². The molecule has 2 fully saturated rings. The maximum absolute atomic E-state index is 10.0. The molecule has 5 heterocycles. The maximum Gasteiger partial charge on any atom is 0.203 e. The van der Waals surface area contributed by atoms with E-state index in [0.29, 0.717) is 28.7 Å². The van der Waals surface area contributed by atoms with E-state index in [0.717, 1.165) is 27.5 Å². The Morgan fingerprint density at radius 2 is 2.09 bits per heavy atom. The van der Waals surface area contributed by atoms with Crippen molar-refractivity contribution in [1.29, 1.82) is 0 Å². The summed E-state index contributed by atoms with van der Waals surface area (Å²) in [6.45, 7) is 0.582. The Morgan fingerprint density at radius 1 is 1.24 bits per heavy atom. The molecule has 0 amide bonds. The number of aliphatic hydroxyl groups is 1. The normalized spacial score (nSPS) is 25.0. The zero-order valence-electron chi connectivity index (χ0n) is 18.2. The lowest BCUT2D eigenvalue weighted by atomic mass is 10.1. The number of aryl methyl sites for hydroxylation is 1. The summed E-state index contributed by atoms with van der Waals surface area (Å²) in [5.74, 6) is 0.522. The van der Waals surface area contributed by atoms with E-state index in [9.17, 15) is 5.11 Å². The van der Waals surface area contributed by atoms with Crippen molar-refractivity contribution in [2.75, 3.05) is 20.3 Å². The number of aliphatic imine (C=N–C) groups is 1. The molecule has 0 bridgehead atoms. The molecule has 0 aliphatic carbocycles. The first-order chi connectivity index (χ1) is 16.0. The molecule has 2 saturated heterocycles. The lowest BCUT2D eigenvalue weighted by Gasteiger charge is -2.17. The molecular formula is C24H23ClN4O4. The number of fused-ring (bicyclic) bond motifs is 3. The number of aromatic nitrogens is 3. The topological polar surface area (TPSA) is 93.9 Å². The van der Waals surface area contributed by atoms with Crippen molar-refractivity contribution in [2.45, 2.75) is 24.4 Å². The fourth-order valence-electron chi connectivity index (χ4n) is 4.76. The average molecular weight is 467 g/mol. The number of benzene rings is 1. The zero-order valence-corrected chi connectivity index (χ0v) is 18.9. The Morgan fingerprint density at radius 3 is 2.94 bits per heavy atom. The van der Waals surface area contributed by atoms with Gasteiger partial charge in [0.25, 0.3) is 0 Å². The number of hydrogen-bond acceptors (Lipinski definition) is 6. The van der Waals surface area contributed by atoms with Crippen LogP contribution in [0.3, 0.4) is 0 Å². The molecule has 0 spiro atoms. The largest absolute Gasteiger partial charge is 0.470 e. The number of aromatic amines is 1. The maximum atomic E-state index is 10.0. The van der Waals surface area contributed by atoms with Gasteiger partial charge in [-0.15, -0.1) is 0 Å². The summed E-state index contributed by atoms with van der Waals surface area (Å²) in [7, 11) is 3.72. The summed E-state index contributed by atoms with van der Waals surface area (Å²) >= 11 is 6.66. The molecular weight excluding hydrogens is 444 g/mol. The third-order valence-electron chi connectivity index (χ3n) is 6.39. The summed E-state index contributed by atoms with van der Waals surface area (Å²) in [5.41, 5.74) is 4.96. The minimum atomic E-state index is -0.632. The number of pyridine rings is 1. The lowest BCUT2D eigenvalue weighted by Crippen LogP contribution is -2.34. The van der Waals surface area contributed by atoms with Crippen LogP contribution in [0.4, 0.5) is 0 Å². The number of hydrogen-bond donors (Lipinski definition) is 2. The zero-order chi connectivity index (χ0) is 22.7. The van der Waals surface area contributed by atoms with E-state index in [1.54, 1.807) is 13.3 Å². The number of H-pyrrole nitrogens is 1. The molecule has 4 aromatic rings. The summed E-state index contributed by atoms with van der Waals surface area (Å²) < 4.78 is 19.7. The van der Waals surface area contributed by atoms with Crippen LogP contribution in [0.25, 0.3) is 33.2 Å². The van der Waals surface area contributed by atoms with Gasteiger partial charge in [0.2, 0.25) is 5.88 Å². The Labute approximate surface area is 194 Å². The van der Waals surface area contributed by atoms with Crippen molar-refractivity contribution in [3.8, 4) is 17.1 Å². The van der Waals surface area contributed by atoms with Gasteiger partial charge in [-0.3, -0.25) is 4.99 Å². The smallest absolute Gasteiger partial charge is 0.203 e. The molecule has 0 unspecified atom stereocenters. The van der Waals surface area contributed by atoms with Gasteiger partial charge in [-0.2, -0.15) is 0 Å². The molecule has 2 aliphatic heterocycles. The van der Waals surface area contributed by atoms with Gasteiger partial charge in [0.05, 0.1) is 35.0 Å². The SMILES string of the molecule is CN=Cc1c(O[C@@H]2CO[C@H]3[C@@H]2OC[C@H]3O)[nH]c2cc(Cl)c(-c3ccc4c(ccn4C)c3)nc12. The van der Waals surface area contributed by atoms with Crippen molar-refractivity contribution in [3.63, 3.8) is 0 Å². The van der Waals surface area contributed by atoms with Crippen molar-refractivity contribution < 1.29 is 19.3 Å². The van der Waals surface area contributed by atoms with E-state index in [4.69, 9.17) is 30.8 Å². The first kappa shape index (κ1) is 20.7. The molecule has 2 aliphatic rings. The molecule has 1 aromatic carbocycles. The van der Waals surface area contributed by atoms with E-state index in [2.05, 4.69) is 32.7 Å². The molecule has 9 heteroatoms. The molecule has 170 valence electrons. The first-order valence-electron chi connectivity index (χ1n) is 10.8. The highest BCUT2D eigenvalue weighted by Gasteiger charge is 2.48. The standard InChI is InChI=1S/C24H23ClN4O4/c1-26-9-14-21-16(27-24(14)33-19-11-32-22-18(30)10-31-23(19)22)8-15(25)20(28-21)13-3-4-17-12(7-13)5-6-29(17)2/h3-9,18-19,22-23,27,30H,10-11H2,1-2H3/t18-,19-,22-,23-/m1/s1. The molecule has 4 atom stereocenters. The number of rotatable bonds is 4. The van der Waals surface area contributed by atoms with Crippen LogP contribution in [0.2, 0.25) is 5.02 Å². The van der Waals surface area contributed by atoms with Crippen LogP contribution < -0.4 is 4.74 Å². The summed E-state index contributed by atoms with van der Waals surface area (Å²) in [6, 6.07) is 10.1. The molecule has 6 rings (SSSR count). The number of aliphatic hydroxyl groups excluding tert-OH is 1. The predicted octanol–water partition coefficient (Wildman–Crippen LogP) is 3.33. The monoisotopic (exact) mass is 466 g/mol. The average Bonchev–Trinajstić information content (AvgIpc) is 3.55. The molecule has 0 radical (unpaired) electrons. The van der Waals surface area contributed by atoms with Gasteiger partial charge in [0.1, 0.15) is 23.8 Å². The van der Waals surface area contributed by atoms with Crippen molar-refractivity contribution in [1.82, 2.24) is 14.5 Å². The van der Waals surface area contributed by atoms with E-state index in [1.807, 2.05) is 25.4 Å². The number of nitrogens with one attached hydrogen (secondary N) is 1. The molecule has 8 nitrogen and oxygen atoms in total. The molecule has 0 saturated carbocycles. The summed E-state index contributed by atoms with van der Waals surface area (Å²) in [5, 5.41) is 11.7. The Kier molecular flexibility index (Phi) is 4.92. The Bertz CT molecular complexity index is 1390. The van der Waals surface area contributed by atoms with Gasteiger partial charge < -0.3 is 28.9 Å². The van der Waals surface area contributed by atoms with E-state index >= 15 is 0 Å². The quantitative estimate of drug-likeness (QED) is 0.450. The van der Waals surface area contributed by atoms with E-state index < -0.39 is 6.10 Å². The minimum Gasteiger partial charge on any atom is -0.470 e. The summed E-state index contributed by atoms with van der Waals surface area (Å²) in [4.78, 5) is 12.4. The third-order valence-corrected chi connectivity index (χ3v) is 6.68. The van der Waals surface area contributed by atoms with Crippen LogP contribution in [0.15, 0.2) is 41.5 Å². The highest BCUT2D eigenvalue weighted by atomic mass is 35.5. The highest BCUT2D eigenvalue weighted by molar-refractivity contribution is 6.33. The van der Waals surface area contributed by atoms with Crippen molar-refractivity contribution >= 4 is 39.8 Å². The number of halogens is 1. The second-order valence-electron chi connectivity index (χ2n) is 8.49. The third kappa shape index (κ3) is 3.33. The number of nitrogens with zero attached hydrogens (tertiary/aromatic N) is 3. The fourth-order valence-corrected chi connectivity index (χ4v) is 5.02.